The Morgan fingerprint density at radius 2 is 2.12 bits per heavy atom. The predicted octanol–water partition coefficient (Wildman–Crippen LogP) is -4.49. The number of carboxylic acids is 1. The second-order valence-corrected chi connectivity index (χ2v) is 1.20. The summed E-state index contributed by atoms with van der Waals surface area (Å²) in [5.41, 5.74) is 0. The van der Waals surface area contributed by atoms with Gasteiger partial charge in [0.25, 0.3) is 0 Å². The predicted molar refractivity (Wildman–Crippen MR) is 21.3 cm³/mol. The maximum atomic E-state index is 9.54. The van der Waals surface area contributed by atoms with Gasteiger partial charge in [0, 0.05) is 12.6 Å². The molecule has 0 aliphatic heterocycles. The van der Waals surface area contributed by atoms with Gasteiger partial charge in [0.2, 0.25) is 0 Å². The fourth-order valence-electron chi connectivity index (χ4n) is 0.223. The van der Waals surface area contributed by atoms with Gasteiger partial charge in [0.05, 0.1) is 0 Å². The van der Waals surface area contributed by atoms with E-state index in [0.717, 1.165) is 0 Å². The van der Waals surface area contributed by atoms with Gasteiger partial charge in [-0.05, 0) is 12.8 Å². The van der Waals surface area contributed by atoms with Crippen LogP contribution in [0.4, 0.5) is 0 Å². The van der Waals surface area contributed by atoms with Crippen LogP contribution in [0.3, 0.4) is 0 Å². The Labute approximate surface area is 70.0 Å². The fourth-order valence-corrected chi connectivity index (χ4v) is 0.223. The second kappa shape index (κ2) is 7.43. The molecule has 0 fully saturated rings. The minimum absolute atomic E-state index is 0. The van der Waals surface area contributed by atoms with E-state index in [2.05, 4.69) is 0 Å². The van der Waals surface area contributed by atoms with Gasteiger partial charge >= 0.3 is 29.6 Å². The number of carbonyl (C=O) groups excluding carboxylic acids is 1. The topological polar surface area (TPSA) is 60.4 Å². The molecule has 0 saturated carbocycles. The van der Waals surface area contributed by atoms with E-state index in [4.69, 9.17) is 5.11 Å². The first kappa shape index (κ1) is 11.3. The Morgan fingerprint density at radius 1 is 1.62 bits per heavy atom. The SMILES string of the molecule is O=[13C]([O-])[13CH2][13CH2][13CH2]O.[Na+]. The van der Waals surface area contributed by atoms with E-state index in [0.29, 0.717) is 6.42 Å². The van der Waals surface area contributed by atoms with Gasteiger partial charge in [-0.1, -0.05) is 0 Å². The standard InChI is InChI=1S/C4H8O3.Na/c5-3-1-2-4(6)7;/h5H,1-3H2,(H,6,7);/q;+1/p-1/i1+1,2+1,3+1,4+1;. The van der Waals surface area contributed by atoms with Gasteiger partial charge in [0.1, 0.15) is 0 Å². The van der Waals surface area contributed by atoms with Crippen LogP contribution in [-0.4, -0.2) is 17.7 Å². The minimum atomic E-state index is -1.10. The smallest absolute Gasteiger partial charge is 0.550 e. The van der Waals surface area contributed by atoms with E-state index < -0.39 is 5.97 Å². The van der Waals surface area contributed by atoms with Gasteiger partial charge in [-0.2, -0.15) is 0 Å². The van der Waals surface area contributed by atoms with Gasteiger partial charge in [-0.25, -0.2) is 0 Å². The summed E-state index contributed by atoms with van der Waals surface area (Å²) in [5.74, 6) is -1.10. The summed E-state index contributed by atoms with van der Waals surface area (Å²) in [6.45, 7) is -0.0754. The Kier molecular flexibility index (Phi) is 10.5. The first-order chi connectivity index (χ1) is 3.27. The van der Waals surface area contributed by atoms with E-state index in [1.54, 1.807) is 0 Å². The molecule has 0 rings (SSSR count). The minimum Gasteiger partial charge on any atom is -0.550 e. The quantitative estimate of drug-likeness (QED) is 0.309. The Balaban J connectivity index is 0. The second-order valence-electron chi connectivity index (χ2n) is 1.20. The van der Waals surface area contributed by atoms with Gasteiger partial charge < -0.3 is 15.0 Å². The van der Waals surface area contributed by atoms with Crippen molar-refractivity contribution in [2.45, 2.75) is 12.8 Å². The van der Waals surface area contributed by atoms with E-state index in [9.17, 15) is 9.90 Å². The molecule has 42 valence electrons. The first-order valence-corrected chi connectivity index (χ1v) is 2.08. The number of aliphatic carboxylic acids is 1. The summed E-state index contributed by atoms with van der Waals surface area (Å²) in [5, 5.41) is 17.6. The van der Waals surface area contributed by atoms with Crippen LogP contribution in [-0.2, 0) is 4.79 Å². The average molecular weight is 130 g/mol. The Bertz CT molecular complexity index is 64.3. The van der Waals surface area contributed by atoms with Gasteiger partial charge in [-0.3, -0.25) is 0 Å². The van der Waals surface area contributed by atoms with Crippen LogP contribution in [0, 0.1) is 0 Å². The summed E-state index contributed by atoms with van der Waals surface area (Å²) < 4.78 is 0. The van der Waals surface area contributed by atoms with Crippen molar-refractivity contribution in [1.82, 2.24) is 0 Å². The third-order valence-electron chi connectivity index (χ3n) is 0.539. The molecular weight excluding hydrogens is 123 g/mol. The molecule has 0 aromatic heterocycles. The van der Waals surface area contributed by atoms with Crippen LogP contribution < -0.4 is 34.7 Å². The number of aliphatic hydroxyl groups is 1. The normalized spacial score (nSPS) is 7.62. The number of carboxylic acid groups (broad SMARTS) is 1. The molecule has 0 bridgehead atoms. The molecule has 0 saturated heterocycles. The van der Waals surface area contributed by atoms with Crippen LogP contribution in [0.2, 0.25) is 0 Å². The third kappa shape index (κ3) is 9.66. The molecule has 0 aromatic carbocycles. The van der Waals surface area contributed by atoms with Crippen molar-refractivity contribution < 1.29 is 44.6 Å². The van der Waals surface area contributed by atoms with Crippen molar-refractivity contribution in [3.63, 3.8) is 0 Å². The molecule has 0 amide bonds. The fraction of sp³-hybridized carbons (Fsp3) is 0.750. The van der Waals surface area contributed by atoms with E-state index in [1.807, 2.05) is 0 Å². The van der Waals surface area contributed by atoms with Crippen LogP contribution in [0.5, 0.6) is 0 Å². The maximum Gasteiger partial charge on any atom is 1.00 e. The monoisotopic (exact) mass is 130 g/mol. The van der Waals surface area contributed by atoms with Crippen LogP contribution in [0.1, 0.15) is 12.8 Å². The Hall–Kier alpha value is 0.430. The molecule has 4 heteroatoms. The van der Waals surface area contributed by atoms with Crippen molar-refractivity contribution in [3.8, 4) is 0 Å². The zero-order chi connectivity index (χ0) is 5.70. The van der Waals surface area contributed by atoms with Crippen LogP contribution >= 0.6 is 0 Å². The summed E-state index contributed by atoms with van der Waals surface area (Å²) >= 11 is 0. The van der Waals surface area contributed by atoms with E-state index in [1.165, 1.54) is 0 Å². The molecule has 0 spiro atoms. The summed E-state index contributed by atoms with van der Waals surface area (Å²) in [4.78, 5) is 9.54. The van der Waals surface area contributed by atoms with Gasteiger partial charge in [-0.15, -0.1) is 0 Å². The number of hydrogen-bond donors (Lipinski definition) is 1. The van der Waals surface area contributed by atoms with E-state index >= 15 is 0 Å². The number of rotatable bonds is 3. The molecular formula is C4H7NaO3. The first-order valence-electron chi connectivity index (χ1n) is 2.08. The van der Waals surface area contributed by atoms with Crippen molar-refractivity contribution in [1.29, 1.82) is 0 Å². The van der Waals surface area contributed by atoms with Gasteiger partial charge in [0.15, 0.2) is 0 Å². The molecule has 8 heavy (non-hydrogen) atoms. The maximum absolute atomic E-state index is 9.54. The average Bonchev–Trinajstić information content (AvgIpc) is 1.61. The summed E-state index contributed by atoms with van der Waals surface area (Å²) in [6.07, 6.45) is 0.249. The Morgan fingerprint density at radius 3 is 2.25 bits per heavy atom. The van der Waals surface area contributed by atoms with Crippen molar-refractivity contribution in [3.05, 3.63) is 0 Å². The molecule has 0 unspecified atom stereocenters. The number of hydrogen-bond acceptors (Lipinski definition) is 3. The van der Waals surface area contributed by atoms with Crippen molar-refractivity contribution in [2.24, 2.45) is 0 Å². The third-order valence-corrected chi connectivity index (χ3v) is 0.539. The van der Waals surface area contributed by atoms with E-state index in [-0.39, 0.29) is 42.6 Å². The number of carbonyl (C=O) groups is 1. The molecule has 0 aliphatic carbocycles. The van der Waals surface area contributed by atoms with Crippen LogP contribution in [0.15, 0.2) is 0 Å². The molecule has 1 N–H and O–H groups in total. The molecule has 3 nitrogen and oxygen atoms in total. The van der Waals surface area contributed by atoms with Crippen LogP contribution in [0.25, 0.3) is 0 Å². The van der Waals surface area contributed by atoms with Crippen molar-refractivity contribution in [2.75, 3.05) is 6.61 Å². The molecule has 0 aromatic rings. The summed E-state index contributed by atoms with van der Waals surface area (Å²) in [7, 11) is 0. The molecule has 0 heterocycles. The molecule has 0 aliphatic rings. The van der Waals surface area contributed by atoms with Crippen molar-refractivity contribution >= 4 is 5.97 Å². The largest absolute Gasteiger partial charge is 1.00 e. The zero-order valence-corrected chi connectivity index (χ0v) is 6.89. The molecule has 0 atom stereocenters. The zero-order valence-electron chi connectivity index (χ0n) is 4.89. The summed E-state index contributed by atoms with van der Waals surface area (Å²) in [6, 6.07) is 0. The molecule has 0 radical (unpaired) electrons. The number of aliphatic hydroxyl groups excluding tert-OH is 1.